The van der Waals surface area contributed by atoms with Crippen LogP contribution in [0.25, 0.3) is 10.9 Å². The number of nitriles is 1. The molecule has 0 bridgehead atoms. The zero-order valence-corrected chi connectivity index (χ0v) is 22.6. The zero-order valence-electron chi connectivity index (χ0n) is 21.0. The van der Waals surface area contributed by atoms with Gasteiger partial charge in [0.1, 0.15) is 11.9 Å². The number of rotatable bonds is 7. The van der Waals surface area contributed by atoms with Crippen molar-refractivity contribution in [3.05, 3.63) is 75.3 Å². The van der Waals surface area contributed by atoms with Gasteiger partial charge in [0.05, 0.1) is 27.5 Å². The number of hydrogen-bond acceptors (Lipinski definition) is 8. The Morgan fingerprint density at radius 1 is 1.21 bits per heavy atom. The molecular weight excluding hydrogens is 546 g/mol. The number of halogens is 1. The summed E-state index contributed by atoms with van der Waals surface area (Å²) in [6.45, 7) is 3.62. The van der Waals surface area contributed by atoms with Gasteiger partial charge in [-0.3, -0.25) is 19.8 Å². The molecule has 3 heterocycles. The summed E-state index contributed by atoms with van der Waals surface area (Å²) in [5.74, 6) is -0.373. The van der Waals surface area contributed by atoms with Crippen molar-refractivity contribution in [1.29, 1.82) is 5.26 Å². The van der Waals surface area contributed by atoms with Crippen LogP contribution in [0.5, 0.6) is 0 Å². The summed E-state index contributed by atoms with van der Waals surface area (Å²) in [7, 11) is -3.62. The number of carbonyl (C=O) groups is 2. The van der Waals surface area contributed by atoms with Crippen molar-refractivity contribution in [2.75, 3.05) is 11.6 Å². The first-order valence-electron chi connectivity index (χ1n) is 11.4. The molecule has 0 aliphatic rings. The molecule has 0 spiro atoms. The summed E-state index contributed by atoms with van der Waals surface area (Å²) in [5.41, 5.74) is 2.72. The van der Waals surface area contributed by atoms with Crippen molar-refractivity contribution in [1.82, 2.24) is 25.1 Å². The summed E-state index contributed by atoms with van der Waals surface area (Å²) in [4.78, 5) is 32.2. The van der Waals surface area contributed by atoms with Crippen molar-refractivity contribution in [2.24, 2.45) is 0 Å². The average molecular weight is 568 g/mol. The number of fused-ring (bicyclic) bond motifs is 1. The van der Waals surface area contributed by atoms with Gasteiger partial charge in [-0.15, -0.1) is 0 Å². The predicted octanol–water partition coefficient (Wildman–Crippen LogP) is 3.44. The highest BCUT2D eigenvalue weighted by molar-refractivity contribution is 7.91. The third-order valence-electron chi connectivity index (χ3n) is 5.85. The average Bonchev–Trinajstić information content (AvgIpc) is 3.24. The number of amides is 2. The van der Waals surface area contributed by atoms with Gasteiger partial charge in [0.25, 0.3) is 5.91 Å². The van der Waals surface area contributed by atoms with Crippen molar-refractivity contribution in [3.63, 3.8) is 0 Å². The van der Waals surface area contributed by atoms with Crippen LogP contribution in [0.15, 0.2) is 41.6 Å². The number of aryl methyl sites for hydroxylation is 2. The molecule has 12 nitrogen and oxygen atoms in total. The van der Waals surface area contributed by atoms with E-state index in [1.54, 1.807) is 32.0 Å². The molecule has 0 aliphatic heterocycles. The van der Waals surface area contributed by atoms with Gasteiger partial charge in [-0.05, 0) is 54.8 Å². The second-order valence-corrected chi connectivity index (χ2v) is 11.2. The van der Waals surface area contributed by atoms with Crippen LogP contribution in [-0.2, 0) is 22.9 Å². The van der Waals surface area contributed by atoms with Crippen molar-refractivity contribution < 1.29 is 23.1 Å². The molecule has 4 rings (SSSR count). The lowest BCUT2D eigenvalue weighted by atomic mass is 10.1. The Bertz CT molecular complexity index is 1770. The summed E-state index contributed by atoms with van der Waals surface area (Å²) < 4.78 is 26.2. The van der Waals surface area contributed by atoms with Gasteiger partial charge in [0.2, 0.25) is 0 Å². The molecule has 14 heteroatoms. The summed E-state index contributed by atoms with van der Waals surface area (Å²) in [6, 6.07) is 8.27. The van der Waals surface area contributed by atoms with Crippen LogP contribution in [0, 0.1) is 25.2 Å². The van der Waals surface area contributed by atoms with Gasteiger partial charge >= 0.3 is 6.09 Å². The first kappa shape index (κ1) is 27.5. The Hall–Kier alpha value is -4.54. The number of aromatic nitrogens is 4. The molecule has 200 valence electrons. The SMILES string of the molecule is Cc1cc(NC(=O)O)nc(C)c1CNC(=O)c1cn(Cc2cc(S(C)(=O)=O)c3ncc(Cl)cc3c2)nc1C#N. The lowest BCUT2D eigenvalue weighted by molar-refractivity contribution is 0.0950. The largest absolute Gasteiger partial charge is 0.465 e. The minimum atomic E-state index is -3.62. The molecule has 0 aliphatic carbocycles. The number of nitrogens with one attached hydrogen (secondary N) is 2. The van der Waals surface area contributed by atoms with E-state index in [9.17, 15) is 23.3 Å². The fourth-order valence-corrected chi connectivity index (χ4v) is 5.18. The van der Waals surface area contributed by atoms with Crippen molar-refractivity contribution >= 4 is 50.2 Å². The Morgan fingerprint density at radius 2 is 1.95 bits per heavy atom. The number of pyridine rings is 2. The summed E-state index contributed by atoms with van der Waals surface area (Å²) in [6.07, 6.45) is 2.63. The van der Waals surface area contributed by atoms with Gasteiger partial charge in [-0.1, -0.05) is 11.6 Å². The second kappa shape index (κ2) is 10.7. The number of nitrogens with zero attached hydrogens (tertiary/aromatic N) is 5. The van der Waals surface area contributed by atoms with E-state index in [2.05, 4.69) is 25.7 Å². The molecule has 0 radical (unpaired) electrons. The van der Waals surface area contributed by atoms with Gasteiger partial charge in [0, 0.05) is 36.3 Å². The zero-order chi connectivity index (χ0) is 28.5. The first-order chi connectivity index (χ1) is 18.3. The van der Waals surface area contributed by atoms with Crippen LogP contribution in [0.2, 0.25) is 5.02 Å². The lowest BCUT2D eigenvalue weighted by Gasteiger charge is -2.12. The van der Waals surface area contributed by atoms with Crippen LogP contribution in [0.3, 0.4) is 0 Å². The van der Waals surface area contributed by atoms with E-state index in [4.69, 9.17) is 16.7 Å². The van der Waals surface area contributed by atoms with Gasteiger partial charge in [-0.25, -0.2) is 18.2 Å². The number of sulfone groups is 1. The molecule has 4 aromatic rings. The van der Waals surface area contributed by atoms with Gasteiger partial charge in [-0.2, -0.15) is 10.4 Å². The fourth-order valence-electron chi connectivity index (χ4n) is 4.12. The van der Waals surface area contributed by atoms with E-state index in [1.165, 1.54) is 23.1 Å². The highest BCUT2D eigenvalue weighted by atomic mass is 35.5. The Kier molecular flexibility index (Phi) is 7.53. The number of carbonyl (C=O) groups excluding carboxylic acids is 1. The Balaban J connectivity index is 1.59. The highest BCUT2D eigenvalue weighted by Crippen LogP contribution is 2.26. The van der Waals surface area contributed by atoms with E-state index in [0.717, 1.165) is 11.8 Å². The Morgan fingerprint density at radius 3 is 2.59 bits per heavy atom. The first-order valence-corrected chi connectivity index (χ1v) is 13.6. The minimum absolute atomic E-state index is 0.0289. The minimum Gasteiger partial charge on any atom is -0.465 e. The molecule has 39 heavy (non-hydrogen) atoms. The quantitative estimate of drug-likeness (QED) is 0.301. The van der Waals surface area contributed by atoms with Crippen LogP contribution >= 0.6 is 11.6 Å². The molecule has 0 atom stereocenters. The monoisotopic (exact) mass is 567 g/mol. The van der Waals surface area contributed by atoms with E-state index < -0.39 is 21.8 Å². The molecule has 3 aromatic heterocycles. The maximum Gasteiger partial charge on any atom is 0.410 e. The van der Waals surface area contributed by atoms with E-state index >= 15 is 0 Å². The van der Waals surface area contributed by atoms with E-state index in [0.29, 0.717) is 27.2 Å². The van der Waals surface area contributed by atoms with E-state index in [1.807, 2.05) is 6.07 Å². The van der Waals surface area contributed by atoms with Gasteiger partial charge in [0.15, 0.2) is 15.5 Å². The number of anilines is 1. The fraction of sp³-hybridized carbons (Fsp3) is 0.200. The smallest absolute Gasteiger partial charge is 0.410 e. The van der Waals surface area contributed by atoms with Crippen LogP contribution in [-0.4, -0.2) is 51.5 Å². The summed E-state index contributed by atoms with van der Waals surface area (Å²) >= 11 is 6.06. The van der Waals surface area contributed by atoms with Crippen molar-refractivity contribution in [2.45, 2.75) is 31.8 Å². The molecular formula is C25H22ClN7O5S. The molecule has 0 unspecified atom stereocenters. The van der Waals surface area contributed by atoms with Crippen LogP contribution in [0.4, 0.5) is 10.6 Å². The lowest BCUT2D eigenvalue weighted by Crippen LogP contribution is -2.24. The van der Waals surface area contributed by atoms with Crippen molar-refractivity contribution in [3.8, 4) is 6.07 Å². The number of hydrogen-bond donors (Lipinski definition) is 3. The molecule has 2 amide bonds. The summed E-state index contributed by atoms with van der Waals surface area (Å²) in [5, 5.41) is 28.5. The maximum absolute atomic E-state index is 13.0. The molecule has 0 saturated heterocycles. The molecule has 3 N–H and O–H groups in total. The number of benzene rings is 1. The van der Waals surface area contributed by atoms with E-state index in [-0.39, 0.29) is 40.6 Å². The molecule has 0 saturated carbocycles. The third kappa shape index (κ3) is 6.14. The second-order valence-electron chi connectivity index (χ2n) is 8.79. The maximum atomic E-state index is 13.0. The van der Waals surface area contributed by atoms with Gasteiger partial charge < -0.3 is 10.4 Å². The third-order valence-corrected chi connectivity index (χ3v) is 7.16. The van der Waals surface area contributed by atoms with Crippen LogP contribution in [0.1, 0.15) is 38.4 Å². The highest BCUT2D eigenvalue weighted by Gasteiger charge is 2.19. The standard InChI is InChI=1S/C25H22ClN7O5S/c1-13-4-22(31-25(35)36)30-14(2)18(13)10-29-24(34)19-12-33(32-20(19)8-27)11-15-5-16-7-17(26)9-28-23(16)21(6-15)39(3,37)38/h4-7,9,12H,10-11H2,1-3H3,(H,29,34)(H,30,31)(H,35,36). The Labute approximate surface area is 228 Å². The topological polar surface area (TPSA) is 180 Å². The molecule has 1 aromatic carbocycles. The molecule has 0 fully saturated rings. The predicted molar refractivity (Wildman–Crippen MR) is 142 cm³/mol. The number of carboxylic acid groups (broad SMARTS) is 1. The normalized spacial score (nSPS) is 11.3. The van der Waals surface area contributed by atoms with Crippen LogP contribution < -0.4 is 10.6 Å².